The van der Waals surface area contributed by atoms with E-state index in [1.54, 1.807) is 6.07 Å². The van der Waals surface area contributed by atoms with Crippen LogP contribution >= 0.6 is 0 Å². The zero-order valence-corrected chi connectivity index (χ0v) is 30.1. The molecule has 0 saturated heterocycles. The monoisotopic (exact) mass is 714 g/mol. The van der Waals surface area contributed by atoms with E-state index >= 15 is 0 Å². The standard InChI is InChI=1S/C21H26F2O2.C12H20O.C9H8F2O2/c1-3-6-14-8-10-15(11-9-14)17(4-2)25-18-13-16-7-5-12-24-21(16)20(23)19(18)22;1-3-5-10-6-8-11(9-7-10)12(13)4-2;10-7-6(12)4-5-2-1-3-13-9(5)8(7)11/h2,13-15,17H,3,5-12H2,1H3;2,10-13H,3,5-9H2,1H3;4,12H,1-3H2. The van der Waals surface area contributed by atoms with Crippen LogP contribution in [0.4, 0.5) is 17.6 Å². The number of halogens is 4. The lowest BCUT2D eigenvalue weighted by Crippen LogP contribution is -2.30. The van der Waals surface area contributed by atoms with Crippen LogP contribution in [0.2, 0.25) is 0 Å². The molecule has 0 radical (unpaired) electrons. The van der Waals surface area contributed by atoms with Crippen molar-refractivity contribution in [2.24, 2.45) is 23.7 Å². The highest BCUT2D eigenvalue weighted by atomic mass is 19.2. The van der Waals surface area contributed by atoms with Gasteiger partial charge in [-0.05, 0) is 81.3 Å². The summed E-state index contributed by atoms with van der Waals surface area (Å²) in [5.74, 6) is 2.26. The molecule has 2 atom stereocenters. The largest absolute Gasteiger partial charge is 0.505 e. The summed E-state index contributed by atoms with van der Waals surface area (Å²) in [7, 11) is 0. The topological polar surface area (TPSA) is 68.2 Å². The van der Waals surface area contributed by atoms with Crippen molar-refractivity contribution in [2.75, 3.05) is 13.2 Å². The number of benzene rings is 2. The van der Waals surface area contributed by atoms with E-state index < -0.39 is 41.2 Å². The van der Waals surface area contributed by atoms with Crippen LogP contribution in [0.15, 0.2) is 12.1 Å². The first kappa shape index (κ1) is 40.2. The lowest BCUT2D eigenvalue weighted by Gasteiger charge is -2.32. The van der Waals surface area contributed by atoms with E-state index in [9.17, 15) is 22.7 Å². The summed E-state index contributed by atoms with van der Waals surface area (Å²) in [6.07, 6.45) is 26.7. The van der Waals surface area contributed by atoms with Gasteiger partial charge >= 0.3 is 0 Å². The quantitative estimate of drug-likeness (QED) is 0.211. The molecule has 0 spiro atoms. The van der Waals surface area contributed by atoms with Crippen LogP contribution in [-0.4, -0.2) is 35.6 Å². The van der Waals surface area contributed by atoms with Gasteiger partial charge in [-0.15, -0.1) is 12.8 Å². The average molecular weight is 715 g/mol. The lowest BCUT2D eigenvalue weighted by atomic mass is 9.78. The van der Waals surface area contributed by atoms with E-state index in [1.165, 1.54) is 44.6 Å². The SMILES string of the molecule is C#CC(O)C1CCC(CCC)CC1.C#CC(Oc1cc2c(c(F)c1F)OCCC2)C1CCC(CCC)CC1.Oc1cc2c(c(F)c1F)OCCC2. The van der Waals surface area contributed by atoms with Crippen LogP contribution in [0.1, 0.15) is 115 Å². The second-order valence-corrected chi connectivity index (χ2v) is 14.4. The predicted molar refractivity (Wildman–Crippen MR) is 191 cm³/mol. The number of ether oxygens (including phenoxy) is 3. The molecule has 4 aliphatic rings. The van der Waals surface area contributed by atoms with Crippen LogP contribution in [0.5, 0.6) is 23.0 Å². The average Bonchev–Trinajstić information content (AvgIpc) is 3.16. The van der Waals surface area contributed by atoms with Gasteiger partial charge in [0.15, 0.2) is 29.1 Å². The summed E-state index contributed by atoms with van der Waals surface area (Å²) in [6.45, 7) is 5.25. The molecule has 0 aromatic heterocycles. The fraction of sp³-hybridized carbons (Fsp3) is 0.619. The Morgan fingerprint density at radius 2 is 1.22 bits per heavy atom. The van der Waals surface area contributed by atoms with E-state index in [0.717, 1.165) is 63.2 Å². The van der Waals surface area contributed by atoms with E-state index in [0.29, 0.717) is 43.1 Å². The number of hydrogen-bond donors (Lipinski definition) is 2. The van der Waals surface area contributed by atoms with Gasteiger partial charge in [-0.25, -0.2) is 0 Å². The maximum Gasteiger partial charge on any atom is 0.204 e. The third-order valence-corrected chi connectivity index (χ3v) is 10.7. The normalized spacial score (nSPS) is 23.4. The number of aliphatic hydroxyl groups is 1. The minimum absolute atomic E-state index is 0.0217. The third-order valence-electron chi connectivity index (χ3n) is 10.7. The molecule has 2 saturated carbocycles. The fourth-order valence-corrected chi connectivity index (χ4v) is 7.85. The lowest BCUT2D eigenvalue weighted by molar-refractivity contribution is 0.115. The number of terminal acetylenes is 2. The molecule has 2 aromatic rings. The van der Waals surface area contributed by atoms with Crippen molar-refractivity contribution in [1.29, 1.82) is 0 Å². The number of aliphatic hydroxyl groups excluding tert-OH is 1. The Hall–Kier alpha value is -3.56. The third kappa shape index (κ3) is 10.7. The molecule has 51 heavy (non-hydrogen) atoms. The highest BCUT2D eigenvalue weighted by Crippen LogP contribution is 2.39. The van der Waals surface area contributed by atoms with Crippen LogP contribution in [0.25, 0.3) is 0 Å². The molecule has 2 fully saturated rings. The van der Waals surface area contributed by atoms with E-state index in [1.807, 2.05) is 0 Å². The molecule has 280 valence electrons. The summed E-state index contributed by atoms with van der Waals surface area (Å²) in [4.78, 5) is 0. The minimum atomic E-state index is -1.24. The minimum Gasteiger partial charge on any atom is -0.505 e. The Balaban J connectivity index is 0.000000189. The highest BCUT2D eigenvalue weighted by molar-refractivity contribution is 5.45. The number of phenols is 1. The smallest absolute Gasteiger partial charge is 0.204 e. The second kappa shape index (κ2) is 19.9. The molecule has 0 amide bonds. The molecule has 2 aliphatic heterocycles. The molecule has 2 aliphatic carbocycles. The number of rotatable bonds is 8. The van der Waals surface area contributed by atoms with Crippen molar-refractivity contribution in [3.8, 4) is 47.7 Å². The summed E-state index contributed by atoms with van der Waals surface area (Å²) in [6, 6.07) is 2.77. The second-order valence-electron chi connectivity index (χ2n) is 14.4. The van der Waals surface area contributed by atoms with Crippen molar-refractivity contribution in [1.82, 2.24) is 0 Å². The number of fused-ring (bicyclic) bond motifs is 2. The molecular formula is C42H54F4O5. The Morgan fingerprint density at radius 1 is 0.725 bits per heavy atom. The number of phenolic OH excluding ortho intramolecular Hbond substituents is 1. The highest BCUT2D eigenvalue weighted by Gasteiger charge is 2.30. The van der Waals surface area contributed by atoms with Gasteiger partial charge in [0.05, 0.1) is 13.2 Å². The first-order valence-corrected chi connectivity index (χ1v) is 18.8. The summed E-state index contributed by atoms with van der Waals surface area (Å²) < 4.78 is 70.5. The van der Waals surface area contributed by atoms with Crippen LogP contribution in [0, 0.1) is 71.6 Å². The molecule has 2 aromatic carbocycles. The van der Waals surface area contributed by atoms with Gasteiger partial charge in [0.1, 0.15) is 6.10 Å². The fourth-order valence-electron chi connectivity index (χ4n) is 7.85. The van der Waals surface area contributed by atoms with Gasteiger partial charge < -0.3 is 24.4 Å². The summed E-state index contributed by atoms with van der Waals surface area (Å²) >= 11 is 0. The van der Waals surface area contributed by atoms with Crippen molar-refractivity contribution in [2.45, 2.75) is 129 Å². The van der Waals surface area contributed by atoms with Crippen molar-refractivity contribution >= 4 is 0 Å². The number of aromatic hydroxyl groups is 1. The Morgan fingerprint density at radius 3 is 1.71 bits per heavy atom. The van der Waals surface area contributed by atoms with E-state index in [-0.39, 0.29) is 23.2 Å². The van der Waals surface area contributed by atoms with Crippen molar-refractivity contribution in [3.05, 3.63) is 46.5 Å². The molecule has 2 N–H and O–H groups in total. The Bertz CT molecular complexity index is 1500. The molecule has 2 unspecified atom stereocenters. The zero-order valence-electron chi connectivity index (χ0n) is 30.1. The molecule has 0 bridgehead atoms. The first-order valence-electron chi connectivity index (χ1n) is 18.8. The van der Waals surface area contributed by atoms with Crippen molar-refractivity contribution in [3.63, 3.8) is 0 Å². The van der Waals surface area contributed by atoms with Crippen LogP contribution in [0.3, 0.4) is 0 Å². The maximum absolute atomic E-state index is 14.4. The summed E-state index contributed by atoms with van der Waals surface area (Å²) in [5.41, 5.74) is 1.19. The van der Waals surface area contributed by atoms with Gasteiger partial charge in [0, 0.05) is 17.0 Å². The van der Waals surface area contributed by atoms with Gasteiger partial charge in [-0.1, -0.05) is 77.1 Å². The van der Waals surface area contributed by atoms with E-state index in [2.05, 4.69) is 25.7 Å². The maximum atomic E-state index is 14.4. The molecule has 5 nitrogen and oxygen atoms in total. The van der Waals surface area contributed by atoms with Gasteiger partial charge in [-0.2, -0.15) is 17.6 Å². The number of aryl methyl sites for hydroxylation is 2. The predicted octanol–water partition coefficient (Wildman–Crippen LogP) is 9.86. The molecule has 9 heteroatoms. The number of hydrogen-bond acceptors (Lipinski definition) is 5. The van der Waals surface area contributed by atoms with Gasteiger partial charge in [-0.3, -0.25) is 0 Å². The first-order chi connectivity index (χ1) is 24.6. The van der Waals surface area contributed by atoms with Gasteiger partial charge in [0.25, 0.3) is 0 Å². The van der Waals surface area contributed by atoms with Gasteiger partial charge in [0.2, 0.25) is 23.3 Å². The van der Waals surface area contributed by atoms with Crippen molar-refractivity contribution < 1.29 is 42.0 Å². The Kier molecular flexibility index (Phi) is 15.7. The van der Waals surface area contributed by atoms with E-state index in [4.69, 9.17) is 32.2 Å². The molecule has 2 heterocycles. The molecule has 6 rings (SSSR count). The van der Waals surface area contributed by atoms with Crippen LogP contribution in [-0.2, 0) is 12.8 Å². The van der Waals surface area contributed by atoms with Crippen LogP contribution < -0.4 is 14.2 Å². The zero-order chi connectivity index (χ0) is 36.9. The summed E-state index contributed by atoms with van der Waals surface area (Å²) in [5, 5.41) is 18.4. The Labute approximate surface area is 301 Å². The molecular weight excluding hydrogens is 660 g/mol.